The van der Waals surface area contributed by atoms with Gasteiger partial charge in [-0.05, 0) is 6.04 Å². The van der Waals surface area contributed by atoms with Crippen LogP contribution in [0.3, 0.4) is 0 Å². The van der Waals surface area contributed by atoms with Gasteiger partial charge in [-0.1, -0.05) is 13.0 Å². The third-order valence-corrected chi connectivity index (χ3v) is 2.29. The lowest BCUT2D eigenvalue weighted by Crippen LogP contribution is -1.88. The molecule has 0 aliphatic rings. The smallest absolute Gasteiger partial charge is 0.0402 e. The van der Waals surface area contributed by atoms with E-state index >= 15 is 0 Å². The van der Waals surface area contributed by atoms with Gasteiger partial charge in [0.05, 0.1) is 0 Å². The van der Waals surface area contributed by atoms with Crippen molar-refractivity contribution in [1.82, 2.24) is 0 Å². The summed E-state index contributed by atoms with van der Waals surface area (Å²) in [5.74, 6) is 0. The Morgan fingerprint density at radius 2 is 2.33 bits per heavy atom. The molecule has 0 radical (unpaired) electrons. The van der Waals surface area contributed by atoms with Crippen molar-refractivity contribution in [1.29, 1.82) is 0 Å². The highest BCUT2D eigenvalue weighted by Crippen LogP contribution is 1.78. The second kappa shape index (κ2) is 5.18. The lowest BCUT2D eigenvalue weighted by Gasteiger charge is -1.84. The van der Waals surface area contributed by atoms with Gasteiger partial charge in [-0.3, -0.25) is 0 Å². The first-order valence-corrected chi connectivity index (χ1v) is 4.52. The van der Waals surface area contributed by atoms with Crippen LogP contribution in [0.5, 0.6) is 0 Å². The fourth-order valence-corrected chi connectivity index (χ4v) is 1.09. The minimum absolute atomic E-state index is 0.172. The number of hydrogen-bond donors (Lipinski definition) is 1. The topological polar surface area (TPSA) is 20.2 Å². The monoisotopic (exact) mass is 104 g/mol. The van der Waals surface area contributed by atoms with Crippen molar-refractivity contribution in [2.75, 3.05) is 6.61 Å². The molecule has 0 amide bonds. The van der Waals surface area contributed by atoms with E-state index in [4.69, 9.17) is 5.11 Å². The zero-order valence-electron chi connectivity index (χ0n) is 4.28. The van der Waals surface area contributed by atoms with Crippen molar-refractivity contribution in [3.8, 4) is 0 Å². The summed E-state index contributed by atoms with van der Waals surface area (Å²) in [6.07, 6.45) is 0. The Morgan fingerprint density at radius 1 is 1.67 bits per heavy atom. The zero-order chi connectivity index (χ0) is 4.83. The molecule has 0 aromatic rings. The highest BCUT2D eigenvalue weighted by molar-refractivity contribution is 6.35. The Kier molecular flexibility index (Phi) is 5.33. The molecule has 38 valence electrons. The first-order valence-electron chi connectivity index (χ1n) is 2.52. The summed E-state index contributed by atoms with van der Waals surface area (Å²) in [6, 6.07) is 2.44. The summed E-state index contributed by atoms with van der Waals surface area (Å²) in [5.41, 5.74) is 0. The van der Waals surface area contributed by atoms with E-state index in [0.29, 0.717) is 6.61 Å². The van der Waals surface area contributed by atoms with E-state index in [2.05, 4.69) is 6.92 Å². The van der Waals surface area contributed by atoms with Crippen LogP contribution in [0.4, 0.5) is 0 Å². The third-order valence-electron chi connectivity index (χ3n) is 0.762. The van der Waals surface area contributed by atoms with Gasteiger partial charge < -0.3 is 5.11 Å². The van der Waals surface area contributed by atoms with Gasteiger partial charge in [-0.2, -0.15) is 0 Å². The number of hydrogen-bond acceptors (Lipinski definition) is 1. The van der Waals surface area contributed by atoms with Crippen molar-refractivity contribution >= 4 is 9.52 Å². The molecule has 0 aliphatic carbocycles. The lowest BCUT2D eigenvalue weighted by atomic mass is 10.9. The molecule has 0 aromatic carbocycles. The van der Waals surface area contributed by atoms with Gasteiger partial charge >= 0.3 is 0 Å². The summed E-state index contributed by atoms with van der Waals surface area (Å²) in [5, 5.41) is 8.23. The molecule has 2 heteroatoms. The molecule has 0 spiro atoms. The molecule has 0 heterocycles. The van der Waals surface area contributed by atoms with Crippen molar-refractivity contribution < 1.29 is 5.11 Å². The maximum absolute atomic E-state index is 8.23. The highest BCUT2D eigenvalue weighted by atomic mass is 28.2. The van der Waals surface area contributed by atoms with Crippen LogP contribution in [0.2, 0.25) is 12.1 Å². The second-order valence-corrected chi connectivity index (χ2v) is 3.84. The Bertz CT molecular complexity index is 19.5. The Balaban J connectivity index is 2.34. The number of rotatable bonds is 3. The van der Waals surface area contributed by atoms with E-state index in [1.807, 2.05) is 0 Å². The van der Waals surface area contributed by atoms with Gasteiger partial charge in [0, 0.05) is 16.1 Å². The SMILES string of the molecule is CC[SiH2]CCO. The molecule has 0 saturated heterocycles. The second-order valence-electron chi connectivity index (χ2n) is 1.43. The van der Waals surface area contributed by atoms with Crippen molar-refractivity contribution in [2.24, 2.45) is 0 Å². The highest BCUT2D eigenvalue weighted by Gasteiger charge is 1.77. The summed E-state index contributed by atoms with van der Waals surface area (Å²) in [4.78, 5) is 0. The molecule has 1 N–H and O–H groups in total. The van der Waals surface area contributed by atoms with Crippen molar-refractivity contribution in [3.05, 3.63) is 0 Å². The van der Waals surface area contributed by atoms with Gasteiger partial charge in [-0.15, -0.1) is 0 Å². The van der Waals surface area contributed by atoms with Crippen LogP contribution in [0, 0.1) is 0 Å². The Hall–Kier alpha value is 0.177. The molecule has 0 unspecified atom stereocenters. The maximum Gasteiger partial charge on any atom is 0.0402 e. The standard InChI is InChI=1S/C4H12OSi/c1-2-6-4-3-5/h5H,2-4,6H2,1H3. The summed E-state index contributed by atoms with van der Waals surface area (Å²) < 4.78 is 0. The molecule has 0 fully saturated rings. The van der Waals surface area contributed by atoms with Crippen LogP contribution in [-0.2, 0) is 0 Å². The van der Waals surface area contributed by atoms with Gasteiger partial charge in [0.2, 0.25) is 0 Å². The van der Waals surface area contributed by atoms with Crippen LogP contribution >= 0.6 is 0 Å². The van der Waals surface area contributed by atoms with E-state index in [1.54, 1.807) is 0 Å². The van der Waals surface area contributed by atoms with Gasteiger partial charge in [-0.25, -0.2) is 0 Å². The van der Waals surface area contributed by atoms with E-state index in [0.717, 1.165) is 6.04 Å². The van der Waals surface area contributed by atoms with Gasteiger partial charge in [0.15, 0.2) is 0 Å². The van der Waals surface area contributed by atoms with Gasteiger partial charge in [0.1, 0.15) is 0 Å². The molecule has 0 aromatic heterocycles. The average molecular weight is 104 g/mol. The largest absolute Gasteiger partial charge is 0.397 e. The maximum atomic E-state index is 8.23. The summed E-state index contributed by atoms with van der Waals surface area (Å²) >= 11 is 0. The van der Waals surface area contributed by atoms with Crippen LogP contribution in [0.15, 0.2) is 0 Å². The van der Waals surface area contributed by atoms with E-state index in [9.17, 15) is 0 Å². The fourth-order valence-electron chi connectivity index (χ4n) is 0.362. The molecule has 0 rings (SSSR count). The van der Waals surface area contributed by atoms with E-state index in [-0.39, 0.29) is 9.52 Å². The molecular formula is C4H12OSi. The fraction of sp³-hybridized carbons (Fsp3) is 1.00. The molecule has 1 nitrogen and oxygen atoms in total. The normalized spacial score (nSPS) is 11.0. The third kappa shape index (κ3) is 4.18. The number of aliphatic hydroxyl groups excluding tert-OH is 1. The van der Waals surface area contributed by atoms with Crippen molar-refractivity contribution in [2.45, 2.75) is 19.0 Å². The number of aliphatic hydroxyl groups is 1. The quantitative estimate of drug-likeness (QED) is 0.395. The van der Waals surface area contributed by atoms with Crippen LogP contribution in [0.1, 0.15) is 6.92 Å². The van der Waals surface area contributed by atoms with E-state index in [1.165, 1.54) is 6.04 Å². The van der Waals surface area contributed by atoms with Gasteiger partial charge in [0.25, 0.3) is 0 Å². The summed E-state index contributed by atoms with van der Waals surface area (Å²) in [7, 11) is 0.172. The predicted molar refractivity (Wildman–Crippen MR) is 30.9 cm³/mol. The lowest BCUT2D eigenvalue weighted by molar-refractivity contribution is 0.318. The van der Waals surface area contributed by atoms with E-state index < -0.39 is 0 Å². The summed E-state index contributed by atoms with van der Waals surface area (Å²) in [6.45, 7) is 2.60. The molecule has 6 heavy (non-hydrogen) atoms. The molecular weight excluding hydrogens is 92.1 g/mol. The Morgan fingerprint density at radius 3 is 2.50 bits per heavy atom. The van der Waals surface area contributed by atoms with Crippen LogP contribution in [0.25, 0.3) is 0 Å². The zero-order valence-corrected chi connectivity index (χ0v) is 5.69. The molecule has 0 aliphatic heterocycles. The minimum atomic E-state index is 0.172. The Labute approximate surface area is 41.2 Å². The van der Waals surface area contributed by atoms with Crippen LogP contribution in [-0.4, -0.2) is 21.2 Å². The first kappa shape index (κ1) is 6.18. The van der Waals surface area contributed by atoms with Crippen molar-refractivity contribution in [3.63, 3.8) is 0 Å². The average Bonchev–Trinajstić information content (AvgIpc) is 1.61. The minimum Gasteiger partial charge on any atom is -0.397 e. The first-order chi connectivity index (χ1) is 2.91. The molecule has 0 saturated carbocycles. The molecule has 0 bridgehead atoms. The molecule has 0 atom stereocenters. The van der Waals surface area contributed by atoms with Crippen LogP contribution < -0.4 is 0 Å². The predicted octanol–water partition coefficient (Wildman–Crippen LogP) is 0.00400.